The van der Waals surface area contributed by atoms with Crippen molar-refractivity contribution in [2.75, 3.05) is 13.2 Å². The number of carbonyl (C=O) groups is 2. The Bertz CT molecular complexity index is 613. The van der Waals surface area contributed by atoms with Crippen LogP contribution >= 0.6 is 7.82 Å². The first-order chi connectivity index (χ1) is 14.4. The molecule has 0 aromatic heterocycles. The Morgan fingerprint density at radius 2 is 1.32 bits per heavy atom. The molecule has 31 heavy (non-hydrogen) atoms. The number of aliphatic hydroxyl groups excluding tert-OH is 5. The highest BCUT2D eigenvalue weighted by Crippen LogP contribution is 2.47. The fraction of sp³-hybridized carbons (Fsp3) is 0.882. The molecule has 0 spiro atoms. The van der Waals surface area contributed by atoms with E-state index in [-0.39, 0.29) is 12.8 Å². The van der Waals surface area contributed by atoms with E-state index in [0.29, 0.717) is 12.8 Å². The molecule has 6 atom stereocenters. The number of esters is 2. The van der Waals surface area contributed by atoms with Gasteiger partial charge in [0.2, 0.25) is 0 Å². The molecule has 0 radical (unpaired) electrons. The topological polar surface area (TPSA) is 210 Å². The number of hydrogen-bond donors (Lipinski definition) is 6. The predicted octanol–water partition coefficient (Wildman–Crippen LogP) is -1.64. The van der Waals surface area contributed by atoms with Crippen molar-refractivity contribution in [2.45, 2.75) is 82.3 Å². The highest BCUT2D eigenvalue weighted by atomic mass is 31.2. The molecule has 1 rings (SSSR count). The molecular formula is C17H31O13P. The normalized spacial score (nSPS) is 31.5. The van der Waals surface area contributed by atoms with E-state index in [2.05, 4.69) is 4.52 Å². The van der Waals surface area contributed by atoms with Crippen LogP contribution in [0.3, 0.4) is 0 Å². The maximum absolute atomic E-state index is 12.2. The monoisotopic (exact) mass is 474 g/mol. The maximum Gasteiger partial charge on any atom is 0.472 e. The average molecular weight is 474 g/mol. The zero-order valence-electron chi connectivity index (χ0n) is 17.3. The van der Waals surface area contributed by atoms with Crippen LogP contribution in [0.1, 0.15) is 39.5 Å². The molecule has 182 valence electrons. The third-order valence-corrected chi connectivity index (χ3v) is 5.37. The first-order valence-corrected chi connectivity index (χ1v) is 11.3. The Kier molecular flexibility index (Phi) is 11.5. The van der Waals surface area contributed by atoms with Crippen LogP contribution in [0.25, 0.3) is 0 Å². The largest absolute Gasteiger partial charge is 0.472 e. The lowest BCUT2D eigenvalue weighted by molar-refractivity contribution is -0.220. The van der Waals surface area contributed by atoms with E-state index in [1.165, 1.54) is 0 Å². The van der Waals surface area contributed by atoms with Gasteiger partial charge in [0, 0.05) is 12.8 Å². The lowest BCUT2D eigenvalue weighted by atomic mass is 9.85. The van der Waals surface area contributed by atoms with Gasteiger partial charge >= 0.3 is 19.8 Å². The summed E-state index contributed by atoms with van der Waals surface area (Å²) in [5.74, 6) is -1.23. The molecule has 0 aromatic carbocycles. The fourth-order valence-corrected chi connectivity index (χ4v) is 3.68. The van der Waals surface area contributed by atoms with Gasteiger partial charge in [-0.25, -0.2) is 4.57 Å². The smallest absolute Gasteiger partial charge is 0.462 e. The summed E-state index contributed by atoms with van der Waals surface area (Å²) in [7, 11) is -5.04. The molecule has 1 saturated carbocycles. The number of hydrogen-bond acceptors (Lipinski definition) is 12. The van der Waals surface area contributed by atoms with Gasteiger partial charge < -0.3 is 39.9 Å². The Morgan fingerprint density at radius 3 is 1.84 bits per heavy atom. The van der Waals surface area contributed by atoms with Gasteiger partial charge in [0.15, 0.2) is 6.10 Å². The Hall–Kier alpha value is -1.15. The molecule has 1 fully saturated rings. The minimum atomic E-state index is -5.04. The second-order valence-corrected chi connectivity index (χ2v) is 8.49. The third kappa shape index (κ3) is 8.72. The molecule has 1 aliphatic rings. The zero-order valence-corrected chi connectivity index (χ0v) is 18.2. The van der Waals surface area contributed by atoms with Gasteiger partial charge in [0.25, 0.3) is 0 Å². The van der Waals surface area contributed by atoms with Crippen molar-refractivity contribution < 1.29 is 63.1 Å². The lowest BCUT2D eigenvalue weighted by Gasteiger charge is -2.41. The molecule has 0 saturated heterocycles. The number of phosphoric ester groups is 1. The quantitative estimate of drug-likeness (QED) is 0.139. The van der Waals surface area contributed by atoms with E-state index in [9.17, 15) is 44.6 Å². The van der Waals surface area contributed by atoms with E-state index in [1.807, 2.05) is 0 Å². The molecule has 13 nitrogen and oxygen atoms in total. The number of carbonyl (C=O) groups excluding carboxylic acids is 2. The van der Waals surface area contributed by atoms with Crippen molar-refractivity contribution in [3.8, 4) is 0 Å². The van der Waals surface area contributed by atoms with Crippen molar-refractivity contribution in [3.63, 3.8) is 0 Å². The van der Waals surface area contributed by atoms with Gasteiger partial charge in [-0.1, -0.05) is 13.8 Å². The summed E-state index contributed by atoms with van der Waals surface area (Å²) in [5.41, 5.74) is 0. The molecule has 6 N–H and O–H groups in total. The average Bonchev–Trinajstić information content (AvgIpc) is 2.70. The van der Waals surface area contributed by atoms with Crippen molar-refractivity contribution in [3.05, 3.63) is 0 Å². The van der Waals surface area contributed by atoms with E-state index >= 15 is 0 Å². The van der Waals surface area contributed by atoms with Gasteiger partial charge in [-0.2, -0.15) is 0 Å². The molecule has 14 heteroatoms. The Balaban J connectivity index is 2.76. The number of aliphatic hydroxyl groups is 5. The van der Waals surface area contributed by atoms with E-state index in [1.54, 1.807) is 13.8 Å². The third-order valence-electron chi connectivity index (χ3n) is 4.39. The van der Waals surface area contributed by atoms with Crippen molar-refractivity contribution in [1.82, 2.24) is 0 Å². The minimum Gasteiger partial charge on any atom is -0.462 e. The van der Waals surface area contributed by atoms with Crippen LogP contribution < -0.4 is 0 Å². The van der Waals surface area contributed by atoms with Crippen LogP contribution in [0, 0.1) is 0 Å². The standard InChI is InChI=1S/C17H31O13P/c1-3-5-10(18)27-7-9(29-11(19)6-4-2)8-28-31(25,26)30-17-15(23)13(21)12(20)14(22)16(17)24/h9,12-17,20-24H,3-8H2,1-2H3,(H,25,26)/t9-,12?,13?,14?,15?,16?,17?/m1/s1. The SMILES string of the molecule is CCCC(=O)OC[C@H](COP(=O)(O)OC1C(O)C(O)C(O)C(O)C1O)OC(=O)CCC. The van der Waals surface area contributed by atoms with Crippen LogP contribution in [0.5, 0.6) is 0 Å². The van der Waals surface area contributed by atoms with Crippen LogP contribution in [0.4, 0.5) is 0 Å². The van der Waals surface area contributed by atoms with Gasteiger partial charge in [-0.3, -0.25) is 18.6 Å². The maximum atomic E-state index is 12.2. The van der Waals surface area contributed by atoms with Crippen molar-refractivity contribution in [1.29, 1.82) is 0 Å². The molecule has 0 bridgehead atoms. The highest BCUT2D eigenvalue weighted by Gasteiger charge is 2.51. The molecule has 0 amide bonds. The summed E-state index contributed by atoms with van der Waals surface area (Å²) in [4.78, 5) is 33.2. The van der Waals surface area contributed by atoms with E-state index < -0.39 is 75.7 Å². The number of rotatable bonds is 12. The summed E-state index contributed by atoms with van der Waals surface area (Å²) in [5, 5.41) is 48.6. The van der Waals surface area contributed by atoms with Gasteiger partial charge in [0.1, 0.15) is 43.2 Å². The second-order valence-electron chi connectivity index (χ2n) is 7.08. The van der Waals surface area contributed by atoms with Crippen LogP contribution in [-0.2, 0) is 32.7 Å². The first-order valence-electron chi connectivity index (χ1n) is 9.84. The van der Waals surface area contributed by atoms with Gasteiger partial charge in [-0.15, -0.1) is 0 Å². The van der Waals surface area contributed by atoms with Crippen LogP contribution in [-0.4, -0.2) is 98.3 Å². The first kappa shape index (κ1) is 27.9. The predicted molar refractivity (Wildman–Crippen MR) is 101 cm³/mol. The Morgan fingerprint density at radius 1 is 0.839 bits per heavy atom. The second kappa shape index (κ2) is 12.8. The fourth-order valence-electron chi connectivity index (χ4n) is 2.71. The summed E-state index contributed by atoms with van der Waals surface area (Å²) in [6, 6.07) is 0. The Labute approximate surface area is 179 Å². The van der Waals surface area contributed by atoms with Crippen LogP contribution in [0.2, 0.25) is 0 Å². The summed E-state index contributed by atoms with van der Waals surface area (Å²) < 4.78 is 31.6. The molecule has 0 aliphatic heterocycles. The van der Waals surface area contributed by atoms with Crippen LogP contribution in [0.15, 0.2) is 0 Å². The van der Waals surface area contributed by atoms with Gasteiger partial charge in [-0.05, 0) is 12.8 Å². The highest BCUT2D eigenvalue weighted by molar-refractivity contribution is 7.47. The summed E-state index contributed by atoms with van der Waals surface area (Å²) in [6.07, 6.45) is -12.0. The minimum absolute atomic E-state index is 0.0469. The van der Waals surface area contributed by atoms with Gasteiger partial charge in [0.05, 0.1) is 6.61 Å². The molecule has 5 unspecified atom stereocenters. The number of ether oxygens (including phenoxy) is 2. The summed E-state index contributed by atoms with van der Waals surface area (Å²) >= 11 is 0. The van der Waals surface area contributed by atoms with E-state index in [4.69, 9.17) is 14.0 Å². The van der Waals surface area contributed by atoms with Crippen molar-refractivity contribution in [2.24, 2.45) is 0 Å². The molecule has 0 heterocycles. The molecule has 1 aliphatic carbocycles. The molecular weight excluding hydrogens is 443 g/mol. The summed E-state index contributed by atoms with van der Waals surface area (Å²) in [6.45, 7) is 2.29. The lowest BCUT2D eigenvalue weighted by Crippen LogP contribution is -2.64. The number of phosphoric acid groups is 1. The van der Waals surface area contributed by atoms with E-state index in [0.717, 1.165) is 0 Å². The van der Waals surface area contributed by atoms with Crippen molar-refractivity contribution >= 4 is 19.8 Å². The zero-order chi connectivity index (χ0) is 23.8. The molecule has 0 aromatic rings.